The molecule has 0 saturated carbocycles. The predicted octanol–water partition coefficient (Wildman–Crippen LogP) is 6.80. The molecule has 1 saturated heterocycles. The van der Waals surface area contributed by atoms with Gasteiger partial charge in [-0.3, -0.25) is 4.79 Å². The highest BCUT2D eigenvalue weighted by atomic mass is 35.5. The second-order valence-electron chi connectivity index (χ2n) is 5.76. The summed E-state index contributed by atoms with van der Waals surface area (Å²) in [5.41, 5.74) is 1.31. The summed E-state index contributed by atoms with van der Waals surface area (Å²) in [5.74, 6) is 0.859. The summed E-state index contributed by atoms with van der Waals surface area (Å²) in [6.45, 7) is 0. The summed E-state index contributed by atoms with van der Waals surface area (Å²) in [4.78, 5) is 17.1. The Labute approximate surface area is 180 Å². The van der Waals surface area contributed by atoms with Crippen LogP contribution in [0.15, 0.2) is 68.9 Å². The third kappa shape index (κ3) is 4.13. The van der Waals surface area contributed by atoms with Gasteiger partial charge in [0, 0.05) is 16.7 Å². The van der Waals surface area contributed by atoms with Gasteiger partial charge in [-0.05, 0) is 54.2 Å². The van der Waals surface area contributed by atoms with Crippen LogP contribution in [-0.4, -0.2) is 11.1 Å². The van der Waals surface area contributed by atoms with Crippen molar-refractivity contribution in [3.05, 3.63) is 80.3 Å². The first-order valence-electron chi connectivity index (χ1n) is 8.09. The highest BCUT2D eigenvalue weighted by Gasteiger charge is 2.24. The fraction of sp³-hybridized carbons (Fsp3) is 0. The Morgan fingerprint density at radius 3 is 2.61 bits per heavy atom. The van der Waals surface area contributed by atoms with Crippen LogP contribution in [0.3, 0.4) is 0 Å². The Hall–Kier alpha value is -2.18. The van der Waals surface area contributed by atoms with Crippen LogP contribution in [0, 0.1) is 0 Å². The molecule has 0 unspecified atom stereocenters. The lowest BCUT2D eigenvalue weighted by atomic mass is 10.2. The lowest BCUT2D eigenvalue weighted by molar-refractivity contribution is -0.115. The van der Waals surface area contributed by atoms with Gasteiger partial charge in [-0.2, -0.15) is 0 Å². The standard InChI is InChI=1S/C20H11Cl3N2O2S/c21-11-5-7-13(15(23)9-11)17-8-6-12(27-17)10-18-19(26)25-20(28-18)24-16-4-2-1-3-14(16)22/h1-10H,(H,24,25,26)/b18-10-. The van der Waals surface area contributed by atoms with Crippen molar-refractivity contribution in [3.8, 4) is 11.3 Å². The van der Waals surface area contributed by atoms with E-state index in [0.717, 1.165) is 5.56 Å². The number of rotatable bonds is 3. The Morgan fingerprint density at radius 2 is 1.82 bits per heavy atom. The lowest BCUT2D eigenvalue weighted by Crippen LogP contribution is -2.19. The maximum Gasteiger partial charge on any atom is 0.264 e. The molecular formula is C20H11Cl3N2O2S. The molecule has 1 amide bonds. The van der Waals surface area contributed by atoms with Crippen LogP contribution in [0.5, 0.6) is 0 Å². The molecule has 1 aliphatic heterocycles. The number of hydrogen-bond donors (Lipinski definition) is 1. The summed E-state index contributed by atoms with van der Waals surface area (Å²) < 4.78 is 5.82. The summed E-state index contributed by atoms with van der Waals surface area (Å²) in [7, 11) is 0. The molecule has 1 N–H and O–H groups in total. The van der Waals surface area contributed by atoms with Gasteiger partial charge < -0.3 is 9.73 Å². The van der Waals surface area contributed by atoms with Crippen molar-refractivity contribution < 1.29 is 9.21 Å². The number of aliphatic imine (C=N–C) groups is 1. The molecule has 1 fully saturated rings. The van der Waals surface area contributed by atoms with Crippen LogP contribution >= 0.6 is 46.6 Å². The number of para-hydroxylation sites is 1. The number of furan rings is 1. The predicted molar refractivity (Wildman–Crippen MR) is 116 cm³/mol. The number of halogens is 3. The van der Waals surface area contributed by atoms with Gasteiger partial charge in [-0.1, -0.05) is 46.9 Å². The molecule has 0 atom stereocenters. The molecule has 0 aliphatic carbocycles. The van der Waals surface area contributed by atoms with Gasteiger partial charge in [0.2, 0.25) is 0 Å². The molecule has 4 rings (SSSR count). The smallest absolute Gasteiger partial charge is 0.264 e. The molecule has 2 aromatic carbocycles. The minimum absolute atomic E-state index is 0.252. The Kier molecular flexibility index (Phi) is 5.51. The summed E-state index contributed by atoms with van der Waals surface area (Å²) >= 11 is 19.5. The zero-order valence-corrected chi connectivity index (χ0v) is 17.2. The molecule has 0 radical (unpaired) electrons. The van der Waals surface area contributed by atoms with Crippen LogP contribution in [0.2, 0.25) is 15.1 Å². The number of benzene rings is 2. The summed E-state index contributed by atoms with van der Waals surface area (Å²) in [5, 5.41) is 4.73. The quantitative estimate of drug-likeness (QED) is 0.447. The molecule has 1 aromatic heterocycles. The maximum absolute atomic E-state index is 12.2. The van der Waals surface area contributed by atoms with E-state index in [1.807, 2.05) is 12.1 Å². The third-order valence-corrected chi connectivity index (χ3v) is 5.60. The molecule has 1 aliphatic rings. The van der Waals surface area contributed by atoms with Crippen LogP contribution in [0.1, 0.15) is 5.76 Å². The highest BCUT2D eigenvalue weighted by molar-refractivity contribution is 8.18. The van der Waals surface area contributed by atoms with Crippen molar-refractivity contribution >= 4 is 69.4 Å². The monoisotopic (exact) mass is 448 g/mol. The summed E-state index contributed by atoms with van der Waals surface area (Å²) in [6.07, 6.45) is 1.66. The van der Waals surface area contributed by atoms with Crippen LogP contribution in [0.25, 0.3) is 17.4 Å². The van der Waals surface area contributed by atoms with Crippen LogP contribution < -0.4 is 5.32 Å². The SMILES string of the molecule is O=C1NC(=Nc2ccccc2Cl)S/C1=C\c1ccc(-c2ccc(Cl)cc2Cl)o1. The normalized spacial score (nSPS) is 16.8. The molecule has 28 heavy (non-hydrogen) atoms. The summed E-state index contributed by atoms with van der Waals surface area (Å²) in [6, 6.07) is 15.9. The maximum atomic E-state index is 12.2. The van der Waals surface area contributed by atoms with Crippen molar-refractivity contribution in [2.45, 2.75) is 0 Å². The number of hydrogen-bond acceptors (Lipinski definition) is 4. The van der Waals surface area contributed by atoms with Crippen molar-refractivity contribution in [2.24, 2.45) is 4.99 Å². The first-order valence-corrected chi connectivity index (χ1v) is 10.0. The second kappa shape index (κ2) is 8.05. The molecule has 4 nitrogen and oxygen atoms in total. The molecule has 8 heteroatoms. The van der Waals surface area contributed by atoms with E-state index in [1.165, 1.54) is 11.8 Å². The average molecular weight is 450 g/mol. The number of amidine groups is 1. The molecule has 0 spiro atoms. The lowest BCUT2D eigenvalue weighted by Gasteiger charge is -2.00. The number of carbonyl (C=O) groups is 1. The van der Waals surface area contributed by atoms with E-state index in [1.54, 1.807) is 48.5 Å². The zero-order valence-electron chi connectivity index (χ0n) is 14.1. The van der Waals surface area contributed by atoms with E-state index in [-0.39, 0.29) is 5.91 Å². The Morgan fingerprint density at radius 1 is 1.00 bits per heavy atom. The van der Waals surface area contributed by atoms with Crippen molar-refractivity contribution in [1.29, 1.82) is 0 Å². The van der Waals surface area contributed by atoms with Gasteiger partial charge in [0.1, 0.15) is 11.5 Å². The average Bonchev–Trinajstić information content (AvgIpc) is 3.24. The number of thioether (sulfide) groups is 1. The molecular weight excluding hydrogens is 439 g/mol. The fourth-order valence-electron chi connectivity index (χ4n) is 2.53. The number of carbonyl (C=O) groups excluding carboxylic acids is 1. The number of nitrogens with one attached hydrogen (secondary N) is 1. The van der Waals surface area contributed by atoms with E-state index < -0.39 is 0 Å². The fourth-order valence-corrected chi connectivity index (χ4v) is 4.02. The highest BCUT2D eigenvalue weighted by Crippen LogP contribution is 2.34. The van der Waals surface area contributed by atoms with E-state index in [9.17, 15) is 4.79 Å². The first-order chi connectivity index (χ1) is 13.5. The minimum atomic E-state index is -0.252. The van der Waals surface area contributed by atoms with Crippen molar-refractivity contribution in [1.82, 2.24) is 5.32 Å². The van der Waals surface area contributed by atoms with Gasteiger partial charge in [-0.15, -0.1) is 0 Å². The van der Waals surface area contributed by atoms with Crippen molar-refractivity contribution in [2.75, 3.05) is 0 Å². The van der Waals surface area contributed by atoms with E-state index >= 15 is 0 Å². The van der Waals surface area contributed by atoms with Gasteiger partial charge in [0.15, 0.2) is 5.17 Å². The van der Waals surface area contributed by atoms with Crippen molar-refractivity contribution in [3.63, 3.8) is 0 Å². The molecule has 140 valence electrons. The minimum Gasteiger partial charge on any atom is -0.457 e. The molecule has 0 bridgehead atoms. The van der Waals surface area contributed by atoms with E-state index in [4.69, 9.17) is 39.2 Å². The first kappa shape index (κ1) is 19.2. The largest absolute Gasteiger partial charge is 0.457 e. The van der Waals surface area contributed by atoms with Gasteiger partial charge in [0.05, 0.1) is 20.6 Å². The molecule has 3 aromatic rings. The van der Waals surface area contributed by atoms with E-state index in [2.05, 4.69) is 10.3 Å². The number of nitrogens with zero attached hydrogens (tertiary/aromatic N) is 1. The Bertz CT molecular complexity index is 1140. The van der Waals surface area contributed by atoms with E-state index in [0.29, 0.717) is 42.3 Å². The zero-order chi connectivity index (χ0) is 19.7. The van der Waals surface area contributed by atoms with Gasteiger partial charge >= 0.3 is 0 Å². The number of amides is 1. The molecule has 2 heterocycles. The van der Waals surface area contributed by atoms with Crippen LogP contribution in [0.4, 0.5) is 5.69 Å². The topological polar surface area (TPSA) is 54.6 Å². The Balaban J connectivity index is 1.57. The second-order valence-corrected chi connectivity index (χ2v) is 8.04. The van der Waals surface area contributed by atoms with Gasteiger partial charge in [-0.25, -0.2) is 4.99 Å². The third-order valence-electron chi connectivity index (χ3n) is 3.82. The van der Waals surface area contributed by atoms with Crippen LogP contribution in [-0.2, 0) is 4.79 Å². The van der Waals surface area contributed by atoms with Gasteiger partial charge in [0.25, 0.3) is 5.91 Å².